The Morgan fingerprint density at radius 3 is 2.83 bits per heavy atom. The molecule has 1 saturated carbocycles. The van der Waals surface area contributed by atoms with Crippen LogP contribution in [0.1, 0.15) is 24.6 Å². The van der Waals surface area contributed by atoms with Crippen molar-refractivity contribution in [1.82, 2.24) is 20.3 Å². The van der Waals surface area contributed by atoms with E-state index in [9.17, 15) is 5.11 Å². The molecule has 0 radical (unpaired) electrons. The maximum Gasteiger partial charge on any atom is 0.110 e. The van der Waals surface area contributed by atoms with Gasteiger partial charge in [-0.2, -0.15) is 0 Å². The van der Waals surface area contributed by atoms with Gasteiger partial charge in [0.25, 0.3) is 0 Å². The molecule has 0 saturated heterocycles. The molecule has 1 atom stereocenters. The molecule has 2 N–H and O–H groups in total. The van der Waals surface area contributed by atoms with Gasteiger partial charge in [0.2, 0.25) is 0 Å². The molecule has 0 bridgehead atoms. The zero-order valence-electron chi connectivity index (χ0n) is 10.0. The second kappa shape index (κ2) is 4.88. The predicted octanol–water partition coefficient (Wildman–Crippen LogP) is 1.05. The molecule has 0 amide bonds. The van der Waals surface area contributed by atoms with Crippen LogP contribution in [0.3, 0.4) is 0 Å². The monoisotopic (exact) mass is 244 g/mol. The van der Waals surface area contributed by atoms with Crippen LogP contribution in [0, 0.1) is 0 Å². The molecule has 18 heavy (non-hydrogen) atoms. The number of aliphatic hydroxyl groups is 1. The zero-order chi connectivity index (χ0) is 12.4. The Morgan fingerprint density at radius 2 is 2.11 bits per heavy atom. The molecule has 94 valence electrons. The molecule has 1 aliphatic rings. The highest BCUT2D eigenvalue weighted by Gasteiger charge is 2.23. The van der Waals surface area contributed by atoms with E-state index in [-0.39, 0.29) is 0 Å². The van der Waals surface area contributed by atoms with E-state index in [1.54, 1.807) is 10.9 Å². The van der Waals surface area contributed by atoms with Gasteiger partial charge in [0.1, 0.15) is 6.10 Å². The Morgan fingerprint density at radius 1 is 1.33 bits per heavy atom. The summed E-state index contributed by atoms with van der Waals surface area (Å²) in [5.74, 6) is 0. The lowest BCUT2D eigenvalue weighted by Gasteiger charge is -2.12. The number of hydrogen-bond donors (Lipinski definition) is 2. The maximum absolute atomic E-state index is 10.2. The molecule has 1 aromatic heterocycles. The van der Waals surface area contributed by atoms with Crippen molar-refractivity contribution in [3.8, 4) is 5.69 Å². The van der Waals surface area contributed by atoms with Crippen LogP contribution in [0.15, 0.2) is 36.5 Å². The fourth-order valence-corrected chi connectivity index (χ4v) is 1.91. The zero-order valence-corrected chi connectivity index (χ0v) is 10.0. The van der Waals surface area contributed by atoms with E-state index in [4.69, 9.17) is 0 Å². The Bertz CT molecular complexity index is 507. The third-order valence-corrected chi connectivity index (χ3v) is 3.10. The van der Waals surface area contributed by atoms with Crippen molar-refractivity contribution >= 4 is 0 Å². The SMILES string of the molecule is OC(CNC1CC1)c1cnnn1-c1ccccc1. The lowest BCUT2D eigenvalue weighted by atomic mass is 10.2. The van der Waals surface area contributed by atoms with Crippen molar-refractivity contribution < 1.29 is 5.11 Å². The van der Waals surface area contributed by atoms with Gasteiger partial charge in [-0.3, -0.25) is 0 Å². The standard InChI is InChI=1S/C13H16N4O/c18-13(9-14-10-6-7-10)12-8-15-16-17(12)11-4-2-1-3-5-11/h1-5,8,10,13-14,18H,6-7,9H2. The minimum Gasteiger partial charge on any atom is -0.385 e. The van der Waals surface area contributed by atoms with Gasteiger partial charge in [0.05, 0.1) is 17.6 Å². The molecular formula is C13H16N4O. The average Bonchev–Trinajstić information content (AvgIpc) is 3.11. The van der Waals surface area contributed by atoms with Gasteiger partial charge < -0.3 is 10.4 Å². The molecule has 3 rings (SSSR count). The van der Waals surface area contributed by atoms with Crippen LogP contribution in [0.4, 0.5) is 0 Å². The molecule has 0 spiro atoms. The van der Waals surface area contributed by atoms with Gasteiger partial charge in [-0.25, -0.2) is 4.68 Å². The second-order valence-electron chi connectivity index (χ2n) is 4.60. The van der Waals surface area contributed by atoms with Crippen molar-refractivity contribution in [2.24, 2.45) is 0 Å². The molecular weight excluding hydrogens is 228 g/mol. The molecule has 1 unspecified atom stereocenters. The summed E-state index contributed by atoms with van der Waals surface area (Å²) < 4.78 is 1.68. The summed E-state index contributed by atoms with van der Waals surface area (Å²) in [6.45, 7) is 0.547. The Hall–Kier alpha value is -1.72. The van der Waals surface area contributed by atoms with Crippen LogP contribution in [0.5, 0.6) is 0 Å². The van der Waals surface area contributed by atoms with Crippen LogP contribution in [0.2, 0.25) is 0 Å². The van der Waals surface area contributed by atoms with Crippen LogP contribution < -0.4 is 5.32 Å². The van der Waals surface area contributed by atoms with Crippen LogP contribution in [0.25, 0.3) is 5.69 Å². The highest BCUT2D eigenvalue weighted by atomic mass is 16.3. The summed E-state index contributed by atoms with van der Waals surface area (Å²) >= 11 is 0. The van der Waals surface area contributed by atoms with Gasteiger partial charge in [-0.15, -0.1) is 5.10 Å². The largest absolute Gasteiger partial charge is 0.385 e. The first-order chi connectivity index (χ1) is 8.84. The lowest BCUT2D eigenvalue weighted by molar-refractivity contribution is 0.166. The summed E-state index contributed by atoms with van der Waals surface area (Å²) in [7, 11) is 0. The molecule has 5 heteroatoms. The number of nitrogens with zero attached hydrogens (tertiary/aromatic N) is 3. The topological polar surface area (TPSA) is 63.0 Å². The number of rotatable bonds is 5. The molecule has 1 aliphatic carbocycles. The summed E-state index contributed by atoms with van der Waals surface area (Å²) in [5.41, 5.74) is 1.63. The Balaban J connectivity index is 1.77. The Kier molecular flexibility index (Phi) is 3.08. The number of hydrogen-bond acceptors (Lipinski definition) is 4. The van der Waals surface area contributed by atoms with E-state index in [0.29, 0.717) is 18.3 Å². The minimum atomic E-state index is -0.583. The molecule has 2 aromatic rings. The molecule has 1 heterocycles. The summed E-state index contributed by atoms with van der Waals surface area (Å²) in [6, 6.07) is 10.3. The normalized spacial score (nSPS) is 16.7. The molecule has 5 nitrogen and oxygen atoms in total. The van der Waals surface area contributed by atoms with E-state index >= 15 is 0 Å². The molecule has 0 aliphatic heterocycles. The second-order valence-corrected chi connectivity index (χ2v) is 4.60. The third kappa shape index (κ3) is 2.42. The molecule has 1 aromatic carbocycles. The molecule has 1 fully saturated rings. The van der Waals surface area contributed by atoms with Crippen molar-refractivity contribution in [1.29, 1.82) is 0 Å². The third-order valence-electron chi connectivity index (χ3n) is 3.10. The quantitative estimate of drug-likeness (QED) is 0.825. The maximum atomic E-state index is 10.2. The predicted molar refractivity (Wildman–Crippen MR) is 67.3 cm³/mol. The first-order valence-corrected chi connectivity index (χ1v) is 6.22. The average molecular weight is 244 g/mol. The van der Waals surface area contributed by atoms with E-state index < -0.39 is 6.10 Å². The fraction of sp³-hybridized carbons (Fsp3) is 0.385. The van der Waals surface area contributed by atoms with Crippen LogP contribution in [-0.2, 0) is 0 Å². The van der Waals surface area contributed by atoms with Gasteiger partial charge in [-0.05, 0) is 25.0 Å². The number of aliphatic hydroxyl groups excluding tert-OH is 1. The highest BCUT2D eigenvalue weighted by Crippen LogP contribution is 2.21. The van der Waals surface area contributed by atoms with Gasteiger partial charge in [0, 0.05) is 12.6 Å². The number of aromatic nitrogens is 3. The smallest absolute Gasteiger partial charge is 0.110 e. The number of benzene rings is 1. The lowest BCUT2D eigenvalue weighted by Crippen LogP contribution is -2.24. The van der Waals surface area contributed by atoms with Gasteiger partial charge in [0.15, 0.2) is 0 Å². The number of nitrogens with one attached hydrogen (secondary N) is 1. The van der Waals surface area contributed by atoms with Gasteiger partial charge in [-0.1, -0.05) is 23.4 Å². The first kappa shape index (κ1) is 11.4. The van der Waals surface area contributed by atoms with Gasteiger partial charge >= 0.3 is 0 Å². The van der Waals surface area contributed by atoms with Crippen LogP contribution >= 0.6 is 0 Å². The van der Waals surface area contributed by atoms with E-state index in [0.717, 1.165) is 5.69 Å². The highest BCUT2D eigenvalue weighted by molar-refractivity contribution is 5.32. The summed E-state index contributed by atoms with van der Waals surface area (Å²) in [5, 5.41) is 21.4. The van der Waals surface area contributed by atoms with E-state index in [1.807, 2.05) is 30.3 Å². The van der Waals surface area contributed by atoms with E-state index in [2.05, 4.69) is 15.6 Å². The van der Waals surface area contributed by atoms with Crippen molar-refractivity contribution in [3.05, 3.63) is 42.2 Å². The van der Waals surface area contributed by atoms with Crippen LogP contribution in [-0.4, -0.2) is 32.7 Å². The van der Waals surface area contributed by atoms with E-state index in [1.165, 1.54) is 12.8 Å². The Labute approximate surface area is 105 Å². The minimum absolute atomic E-state index is 0.547. The number of para-hydroxylation sites is 1. The fourth-order valence-electron chi connectivity index (χ4n) is 1.91. The van der Waals surface area contributed by atoms with Crippen molar-refractivity contribution in [2.45, 2.75) is 25.0 Å². The van der Waals surface area contributed by atoms with Crippen molar-refractivity contribution in [3.63, 3.8) is 0 Å². The summed E-state index contributed by atoms with van der Waals surface area (Å²) in [6.07, 6.45) is 3.46. The van der Waals surface area contributed by atoms with Crippen molar-refractivity contribution in [2.75, 3.05) is 6.54 Å². The first-order valence-electron chi connectivity index (χ1n) is 6.22. The summed E-state index contributed by atoms with van der Waals surface area (Å²) in [4.78, 5) is 0.